The molecule has 0 bridgehead atoms. The number of benzene rings is 2. The van der Waals surface area contributed by atoms with Crippen LogP contribution in [-0.2, 0) is 17.7 Å². The SMILES string of the molecule is CCN(CC)c1ccc2c(C)c(CCOC(=O)NCc3cccc(-c4cn[nH]c4)c3)c(=O)oc2c1. The van der Waals surface area contributed by atoms with Crippen molar-refractivity contribution < 1.29 is 13.9 Å². The van der Waals surface area contributed by atoms with E-state index in [-0.39, 0.29) is 13.0 Å². The number of nitrogens with zero attached hydrogens (tertiary/aromatic N) is 2. The normalized spacial score (nSPS) is 10.9. The van der Waals surface area contributed by atoms with Gasteiger partial charge in [-0.2, -0.15) is 5.10 Å². The Morgan fingerprint density at radius 1 is 1.14 bits per heavy atom. The number of amides is 1. The van der Waals surface area contributed by atoms with Crippen LogP contribution in [0.4, 0.5) is 10.5 Å². The van der Waals surface area contributed by atoms with E-state index in [1.807, 2.05) is 55.6 Å². The maximum absolute atomic E-state index is 12.6. The van der Waals surface area contributed by atoms with Gasteiger partial charge in [0.25, 0.3) is 0 Å². The molecule has 2 N–H and O–H groups in total. The number of fused-ring (bicyclic) bond motifs is 1. The average Bonchev–Trinajstić information content (AvgIpc) is 3.41. The Bertz CT molecular complexity index is 1360. The highest BCUT2D eigenvalue weighted by Crippen LogP contribution is 2.25. The summed E-state index contributed by atoms with van der Waals surface area (Å²) in [6.45, 7) is 8.24. The Labute approximate surface area is 203 Å². The molecule has 2 aromatic heterocycles. The van der Waals surface area contributed by atoms with Crippen LogP contribution in [0.5, 0.6) is 0 Å². The molecule has 8 heteroatoms. The van der Waals surface area contributed by atoms with Crippen molar-refractivity contribution in [1.29, 1.82) is 0 Å². The van der Waals surface area contributed by atoms with E-state index in [1.54, 1.807) is 6.20 Å². The van der Waals surface area contributed by atoms with Gasteiger partial charge in [-0.3, -0.25) is 5.10 Å². The van der Waals surface area contributed by atoms with E-state index in [0.717, 1.165) is 46.4 Å². The Morgan fingerprint density at radius 3 is 2.71 bits per heavy atom. The molecule has 182 valence electrons. The van der Waals surface area contributed by atoms with Crippen LogP contribution in [0.25, 0.3) is 22.1 Å². The third kappa shape index (κ3) is 5.54. The number of anilines is 1. The van der Waals surface area contributed by atoms with Gasteiger partial charge in [-0.05, 0) is 55.7 Å². The van der Waals surface area contributed by atoms with Crippen LogP contribution >= 0.6 is 0 Å². The van der Waals surface area contributed by atoms with Crippen molar-refractivity contribution in [2.75, 3.05) is 24.6 Å². The minimum atomic E-state index is -0.537. The number of hydrogen-bond acceptors (Lipinski definition) is 6. The molecule has 0 saturated carbocycles. The number of nitrogens with one attached hydrogen (secondary N) is 2. The fraction of sp³-hybridized carbons (Fsp3) is 0.296. The van der Waals surface area contributed by atoms with Gasteiger partial charge >= 0.3 is 11.7 Å². The standard InChI is InChI=1S/C27H30N4O4/c1-4-31(5-2)22-9-10-23-18(3)24(26(32)35-25(23)14-22)11-12-34-27(33)28-15-19-7-6-8-20(13-19)21-16-29-30-17-21/h6-10,13-14,16-17H,4-5,11-12,15H2,1-3H3,(H,28,33)(H,29,30). The predicted octanol–water partition coefficient (Wildman–Crippen LogP) is 4.81. The molecule has 1 amide bonds. The summed E-state index contributed by atoms with van der Waals surface area (Å²) >= 11 is 0. The minimum Gasteiger partial charge on any atom is -0.449 e. The molecule has 0 aliphatic rings. The zero-order chi connectivity index (χ0) is 24.8. The molecule has 0 saturated heterocycles. The monoisotopic (exact) mass is 474 g/mol. The van der Waals surface area contributed by atoms with E-state index in [1.165, 1.54) is 0 Å². The second-order valence-electron chi connectivity index (χ2n) is 8.27. The number of aromatic nitrogens is 2. The number of H-pyrrole nitrogens is 1. The second-order valence-corrected chi connectivity index (χ2v) is 8.27. The zero-order valence-corrected chi connectivity index (χ0v) is 20.3. The van der Waals surface area contributed by atoms with Gasteiger partial charge in [-0.25, -0.2) is 9.59 Å². The topological polar surface area (TPSA) is 100 Å². The van der Waals surface area contributed by atoms with Gasteiger partial charge in [0.1, 0.15) is 5.58 Å². The molecular formula is C27H30N4O4. The third-order valence-corrected chi connectivity index (χ3v) is 6.18. The Hall–Kier alpha value is -4.07. The molecule has 0 spiro atoms. The highest BCUT2D eigenvalue weighted by atomic mass is 16.5. The number of rotatable bonds is 9. The molecule has 4 aromatic rings. The summed E-state index contributed by atoms with van der Waals surface area (Å²) in [5.74, 6) is 0. The van der Waals surface area contributed by atoms with Crippen LogP contribution in [0.1, 0.15) is 30.5 Å². The summed E-state index contributed by atoms with van der Waals surface area (Å²) in [6.07, 6.45) is 3.31. The summed E-state index contributed by atoms with van der Waals surface area (Å²) in [5.41, 5.74) is 5.49. The molecule has 0 radical (unpaired) electrons. The Kier molecular flexibility index (Phi) is 7.50. The van der Waals surface area contributed by atoms with Crippen molar-refractivity contribution in [1.82, 2.24) is 15.5 Å². The summed E-state index contributed by atoms with van der Waals surface area (Å²) < 4.78 is 10.9. The molecule has 0 aliphatic heterocycles. The largest absolute Gasteiger partial charge is 0.449 e. The first-order valence-electron chi connectivity index (χ1n) is 11.8. The van der Waals surface area contributed by atoms with E-state index < -0.39 is 11.7 Å². The Morgan fingerprint density at radius 2 is 1.97 bits per heavy atom. The average molecular weight is 475 g/mol. The number of aryl methyl sites for hydroxylation is 1. The van der Waals surface area contributed by atoms with Crippen LogP contribution in [0.2, 0.25) is 0 Å². The third-order valence-electron chi connectivity index (χ3n) is 6.18. The van der Waals surface area contributed by atoms with Crippen LogP contribution in [0.15, 0.2) is 64.1 Å². The van der Waals surface area contributed by atoms with Crippen LogP contribution in [0.3, 0.4) is 0 Å². The fourth-order valence-corrected chi connectivity index (χ4v) is 4.20. The van der Waals surface area contributed by atoms with Crippen molar-refractivity contribution >= 4 is 22.7 Å². The summed E-state index contributed by atoms with van der Waals surface area (Å²) in [7, 11) is 0. The van der Waals surface area contributed by atoms with E-state index >= 15 is 0 Å². The highest BCUT2D eigenvalue weighted by molar-refractivity contribution is 5.84. The van der Waals surface area contributed by atoms with Gasteiger partial charge in [-0.15, -0.1) is 0 Å². The lowest BCUT2D eigenvalue weighted by atomic mass is 10.0. The molecule has 0 fully saturated rings. The van der Waals surface area contributed by atoms with Gasteiger partial charge in [0.05, 0.1) is 12.8 Å². The van der Waals surface area contributed by atoms with E-state index in [2.05, 4.69) is 34.3 Å². The maximum atomic E-state index is 12.6. The molecule has 35 heavy (non-hydrogen) atoms. The number of carbonyl (C=O) groups is 1. The molecule has 0 atom stereocenters. The van der Waals surface area contributed by atoms with Crippen molar-refractivity contribution in [2.24, 2.45) is 0 Å². The van der Waals surface area contributed by atoms with Crippen molar-refractivity contribution in [3.63, 3.8) is 0 Å². The van der Waals surface area contributed by atoms with Gasteiger partial charge in [0, 0.05) is 60.5 Å². The molecule has 0 aliphatic carbocycles. The summed E-state index contributed by atoms with van der Waals surface area (Å²) in [5, 5.41) is 10.4. The lowest BCUT2D eigenvalue weighted by molar-refractivity contribution is 0.146. The zero-order valence-electron chi connectivity index (χ0n) is 20.3. The first kappa shape index (κ1) is 24.1. The van der Waals surface area contributed by atoms with Gasteiger partial charge in [-0.1, -0.05) is 18.2 Å². The summed E-state index contributed by atoms with van der Waals surface area (Å²) in [6, 6.07) is 13.8. The van der Waals surface area contributed by atoms with Gasteiger partial charge in [0.2, 0.25) is 0 Å². The fourth-order valence-electron chi connectivity index (χ4n) is 4.20. The van der Waals surface area contributed by atoms with E-state index in [9.17, 15) is 9.59 Å². The van der Waals surface area contributed by atoms with Crippen LogP contribution in [0, 0.1) is 6.92 Å². The lowest BCUT2D eigenvalue weighted by Crippen LogP contribution is -2.25. The number of alkyl carbamates (subject to hydrolysis) is 1. The first-order valence-corrected chi connectivity index (χ1v) is 11.8. The first-order chi connectivity index (χ1) is 17.0. The Balaban J connectivity index is 1.35. The molecule has 2 heterocycles. The number of carbonyl (C=O) groups excluding carboxylic acids is 1. The van der Waals surface area contributed by atoms with Crippen molar-refractivity contribution in [2.45, 2.75) is 33.7 Å². The number of ether oxygens (including phenoxy) is 1. The van der Waals surface area contributed by atoms with E-state index in [0.29, 0.717) is 17.7 Å². The number of aromatic amines is 1. The van der Waals surface area contributed by atoms with Crippen LogP contribution in [-0.4, -0.2) is 36.0 Å². The van der Waals surface area contributed by atoms with Gasteiger partial charge in [0.15, 0.2) is 0 Å². The summed E-state index contributed by atoms with van der Waals surface area (Å²) in [4.78, 5) is 27.1. The minimum absolute atomic E-state index is 0.0789. The van der Waals surface area contributed by atoms with E-state index in [4.69, 9.17) is 9.15 Å². The number of hydrogen-bond donors (Lipinski definition) is 2. The van der Waals surface area contributed by atoms with Crippen molar-refractivity contribution in [3.8, 4) is 11.1 Å². The predicted molar refractivity (Wildman–Crippen MR) is 137 cm³/mol. The molecule has 0 unspecified atom stereocenters. The molecular weight excluding hydrogens is 444 g/mol. The quantitative estimate of drug-likeness (QED) is 0.338. The van der Waals surface area contributed by atoms with Crippen LogP contribution < -0.4 is 15.8 Å². The molecule has 4 rings (SSSR count). The molecule has 2 aromatic carbocycles. The second kappa shape index (κ2) is 10.9. The lowest BCUT2D eigenvalue weighted by Gasteiger charge is -2.21. The molecule has 8 nitrogen and oxygen atoms in total. The highest BCUT2D eigenvalue weighted by Gasteiger charge is 2.14. The van der Waals surface area contributed by atoms with Gasteiger partial charge < -0.3 is 19.4 Å². The smallest absolute Gasteiger partial charge is 0.407 e. The van der Waals surface area contributed by atoms with Crippen molar-refractivity contribution in [3.05, 3.63) is 82.0 Å². The maximum Gasteiger partial charge on any atom is 0.407 e.